The first-order valence-corrected chi connectivity index (χ1v) is 10.1. The molecule has 3 rings (SSSR count). The topological polar surface area (TPSA) is 205 Å². The van der Waals surface area contributed by atoms with Gasteiger partial charge in [0.25, 0.3) is 5.56 Å². The number of nitrogens with one attached hydrogen (secondary N) is 1. The van der Waals surface area contributed by atoms with Gasteiger partial charge in [-0.2, -0.15) is 0 Å². The summed E-state index contributed by atoms with van der Waals surface area (Å²) in [6.45, 7) is 0. The number of H-pyrrole nitrogens is 1. The average Bonchev–Trinajstić information content (AvgIpc) is 3.14. The van der Waals surface area contributed by atoms with E-state index in [4.69, 9.17) is 23.7 Å². The van der Waals surface area contributed by atoms with E-state index in [-0.39, 0.29) is 6.42 Å². The van der Waals surface area contributed by atoms with Crippen LogP contribution >= 0.6 is 0 Å². The molecule has 0 aromatic carbocycles. The predicted molar refractivity (Wildman–Crippen MR) is 106 cm³/mol. The van der Waals surface area contributed by atoms with Crippen LogP contribution in [-0.2, 0) is 38.0 Å². The van der Waals surface area contributed by atoms with E-state index in [9.17, 15) is 34.5 Å². The van der Waals surface area contributed by atoms with Crippen molar-refractivity contribution in [3.05, 3.63) is 33.1 Å². The fourth-order valence-electron chi connectivity index (χ4n) is 3.81. The lowest BCUT2D eigenvalue weighted by atomic mass is 10.0. The largest absolute Gasteiger partial charge is 0.467 e. The molecule has 15 nitrogen and oxygen atoms in total. The smallest absolute Gasteiger partial charge is 0.337 e. The van der Waals surface area contributed by atoms with Crippen LogP contribution in [0.15, 0.2) is 21.9 Å². The van der Waals surface area contributed by atoms with E-state index in [0.717, 1.165) is 31.0 Å². The Labute approximate surface area is 191 Å². The highest BCUT2D eigenvalue weighted by Crippen LogP contribution is 2.34. The van der Waals surface area contributed by atoms with Gasteiger partial charge >= 0.3 is 17.6 Å². The number of aromatic nitrogens is 2. The lowest BCUT2D eigenvalue weighted by Crippen LogP contribution is -2.56. The van der Waals surface area contributed by atoms with Gasteiger partial charge in [0.2, 0.25) is 0 Å². The lowest BCUT2D eigenvalue weighted by molar-refractivity contribution is -0.290. The number of ether oxygens (including phenoxy) is 6. The molecule has 0 spiro atoms. The number of esters is 2. The Bertz CT molecular complexity index is 993. The Morgan fingerprint density at radius 3 is 2.41 bits per heavy atom. The summed E-state index contributed by atoms with van der Waals surface area (Å²) in [7, 11) is 3.35. The summed E-state index contributed by atoms with van der Waals surface area (Å²) in [5, 5.41) is 31.2. The number of carbonyl (C=O) groups is 2. The minimum absolute atomic E-state index is 0.285. The summed E-state index contributed by atoms with van der Waals surface area (Å²) in [4.78, 5) is 50.0. The van der Waals surface area contributed by atoms with Gasteiger partial charge in [-0.3, -0.25) is 14.3 Å². The standard InChI is InChI=1S/C19H26N2O13/c1-29-12-11(25)15(21-5-4-9(23)20-19(21)28)33-13(12)14(17(27)31-3)34-18-10(24)7(22)6-8(32-18)16(26)30-2/h4-5,7-8,10-15,18,22,24-25H,6H2,1-3H3,(H,20,23,28)/t7-,8-,10-,11+,12-,13-,14+,15+,18+/m0/s1. The van der Waals surface area contributed by atoms with E-state index in [1.165, 1.54) is 7.11 Å². The van der Waals surface area contributed by atoms with Crippen LogP contribution in [0.4, 0.5) is 0 Å². The minimum Gasteiger partial charge on any atom is -0.467 e. The second-order valence-electron chi connectivity index (χ2n) is 7.59. The monoisotopic (exact) mass is 490 g/mol. The predicted octanol–water partition coefficient (Wildman–Crippen LogP) is -3.62. The van der Waals surface area contributed by atoms with Crippen molar-refractivity contribution in [3.8, 4) is 0 Å². The van der Waals surface area contributed by atoms with E-state index < -0.39 is 78.4 Å². The lowest BCUT2D eigenvalue weighted by Gasteiger charge is -2.38. The molecule has 3 heterocycles. The highest BCUT2D eigenvalue weighted by molar-refractivity contribution is 5.76. The van der Waals surface area contributed by atoms with Gasteiger partial charge in [0, 0.05) is 25.8 Å². The molecular weight excluding hydrogens is 464 g/mol. The molecule has 2 aliphatic heterocycles. The average molecular weight is 490 g/mol. The van der Waals surface area contributed by atoms with Gasteiger partial charge in [-0.05, 0) is 0 Å². The SMILES string of the molecule is COC(=O)[C@@H]1C[C@H](O)[C@H](O)[C@@H](O[C@@H](C(=O)OC)[C@H]2O[C@@H](n3ccc(=O)[nH]c3=O)[C@H](O)[C@@H]2OC)O1. The first-order valence-electron chi connectivity index (χ1n) is 10.1. The van der Waals surface area contributed by atoms with Crippen molar-refractivity contribution in [1.82, 2.24) is 9.55 Å². The van der Waals surface area contributed by atoms with Crippen LogP contribution in [0.5, 0.6) is 0 Å². The van der Waals surface area contributed by atoms with Crippen LogP contribution in [0.2, 0.25) is 0 Å². The van der Waals surface area contributed by atoms with E-state index in [0.29, 0.717) is 0 Å². The fraction of sp³-hybridized carbons (Fsp3) is 0.684. The third kappa shape index (κ3) is 5.05. The van der Waals surface area contributed by atoms with Crippen molar-refractivity contribution in [2.24, 2.45) is 0 Å². The maximum Gasteiger partial charge on any atom is 0.337 e. The molecule has 2 fully saturated rings. The number of carbonyl (C=O) groups excluding carboxylic acids is 2. The van der Waals surface area contributed by atoms with Gasteiger partial charge in [-0.1, -0.05) is 0 Å². The third-order valence-corrected chi connectivity index (χ3v) is 5.55. The zero-order valence-electron chi connectivity index (χ0n) is 18.4. The quantitative estimate of drug-likeness (QED) is 0.273. The molecule has 15 heteroatoms. The van der Waals surface area contributed by atoms with Crippen LogP contribution in [0.1, 0.15) is 12.6 Å². The molecule has 0 bridgehead atoms. The van der Waals surface area contributed by atoms with Gasteiger partial charge in [-0.25, -0.2) is 14.4 Å². The van der Waals surface area contributed by atoms with Crippen molar-refractivity contribution in [2.45, 2.75) is 61.7 Å². The second kappa shape index (κ2) is 10.7. The Hall–Kier alpha value is -2.66. The molecule has 2 saturated heterocycles. The number of aliphatic hydroxyl groups excluding tert-OH is 3. The molecule has 4 N–H and O–H groups in total. The Balaban J connectivity index is 1.90. The summed E-state index contributed by atoms with van der Waals surface area (Å²) in [6, 6.07) is 1.03. The van der Waals surface area contributed by atoms with Crippen LogP contribution < -0.4 is 11.2 Å². The molecule has 9 atom stereocenters. The summed E-state index contributed by atoms with van der Waals surface area (Å²) in [5.41, 5.74) is -1.57. The molecule has 0 amide bonds. The molecule has 2 aliphatic rings. The van der Waals surface area contributed by atoms with Crippen molar-refractivity contribution < 1.29 is 53.3 Å². The van der Waals surface area contributed by atoms with Crippen LogP contribution in [0.3, 0.4) is 0 Å². The maximum absolute atomic E-state index is 12.6. The summed E-state index contributed by atoms with van der Waals surface area (Å²) < 4.78 is 32.1. The van der Waals surface area contributed by atoms with E-state index >= 15 is 0 Å². The van der Waals surface area contributed by atoms with Crippen molar-refractivity contribution in [1.29, 1.82) is 0 Å². The van der Waals surface area contributed by atoms with Gasteiger partial charge in [0.1, 0.15) is 24.4 Å². The number of nitrogens with zero attached hydrogens (tertiary/aromatic N) is 1. The first-order chi connectivity index (χ1) is 16.1. The van der Waals surface area contributed by atoms with Crippen LogP contribution in [-0.4, -0.2) is 107 Å². The number of aliphatic hydroxyl groups is 3. The summed E-state index contributed by atoms with van der Waals surface area (Å²) >= 11 is 0. The minimum atomic E-state index is -1.71. The molecule has 34 heavy (non-hydrogen) atoms. The molecular formula is C19H26N2O13. The molecule has 0 radical (unpaired) electrons. The molecule has 0 saturated carbocycles. The van der Waals surface area contributed by atoms with Gasteiger partial charge in [0.05, 0.1) is 20.3 Å². The van der Waals surface area contributed by atoms with Crippen LogP contribution in [0, 0.1) is 0 Å². The second-order valence-corrected chi connectivity index (χ2v) is 7.59. The van der Waals surface area contributed by atoms with Gasteiger partial charge < -0.3 is 43.7 Å². The maximum atomic E-state index is 12.6. The van der Waals surface area contributed by atoms with Crippen molar-refractivity contribution in [3.63, 3.8) is 0 Å². The van der Waals surface area contributed by atoms with Gasteiger partial charge in [0.15, 0.2) is 24.7 Å². The summed E-state index contributed by atoms with van der Waals surface area (Å²) in [5.74, 6) is -1.87. The normalized spacial score (nSPS) is 34.4. The van der Waals surface area contributed by atoms with Crippen molar-refractivity contribution in [2.75, 3.05) is 21.3 Å². The molecule has 0 aliphatic carbocycles. The Morgan fingerprint density at radius 1 is 1.12 bits per heavy atom. The number of methoxy groups -OCH3 is 3. The summed E-state index contributed by atoms with van der Waals surface area (Å²) in [6.07, 6.45) is -12.6. The molecule has 1 aromatic heterocycles. The number of aromatic amines is 1. The van der Waals surface area contributed by atoms with E-state index in [1.807, 2.05) is 4.98 Å². The zero-order valence-corrected chi connectivity index (χ0v) is 18.4. The molecule has 0 unspecified atom stereocenters. The molecule has 1 aromatic rings. The third-order valence-electron chi connectivity index (χ3n) is 5.55. The Morgan fingerprint density at radius 2 is 1.82 bits per heavy atom. The van der Waals surface area contributed by atoms with Crippen LogP contribution in [0.25, 0.3) is 0 Å². The van der Waals surface area contributed by atoms with E-state index in [1.54, 1.807) is 0 Å². The Kier molecular flexibility index (Phi) is 8.19. The van der Waals surface area contributed by atoms with E-state index in [2.05, 4.69) is 4.74 Å². The highest BCUT2D eigenvalue weighted by Gasteiger charge is 2.53. The fourth-order valence-corrected chi connectivity index (χ4v) is 3.81. The van der Waals surface area contributed by atoms with Gasteiger partial charge in [-0.15, -0.1) is 0 Å². The first kappa shape index (κ1) is 26.0. The number of hydrogen-bond acceptors (Lipinski definition) is 13. The zero-order chi connectivity index (χ0) is 25.2. The number of hydrogen-bond donors (Lipinski definition) is 4. The van der Waals surface area contributed by atoms with Crippen molar-refractivity contribution >= 4 is 11.9 Å². The highest BCUT2D eigenvalue weighted by atomic mass is 16.7. The number of rotatable bonds is 7. The molecule has 190 valence electrons.